The van der Waals surface area contributed by atoms with Crippen molar-refractivity contribution in [3.63, 3.8) is 0 Å². The zero-order valence-corrected chi connectivity index (χ0v) is 12.8. The molecule has 0 fully saturated rings. The predicted octanol–water partition coefficient (Wildman–Crippen LogP) is 2.84. The van der Waals surface area contributed by atoms with Crippen LogP contribution in [0.2, 0.25) is 0 Å². The Balaban J connectivity index is 0.000000306. The van der Waals surface area contributed by atoms with E-state index >= 15 is 0 Å². The van der Waals surface area contributed by atoms with Crippen molar-refractivity contribution < 1.29 is 42.2 Å². The van der Waals surface area contributed by atoms with Gasteiger partial charge in [0.2, 0.25) is 0 Å². The van der Waals surface area contributed by atoms with Gasteiger partial charge in [-0.3, -0.25) is 0 Å². The first-order valence-corrected chi connectivity index (χ1v) is 4.89. The predicted molar refractivity (Wildman–Crippen MR) is 63.3 cm³/mol. The molecule has 0 bridgehead atoms. The molecule has 18 heavy (non-hydrogen) atoms. The van der Waals surface area contributed by atoms with E-state index in [0.29, 0.717) is 5.75 Å². The van der Waals surface area contributed by atoms with E-state index in [2.05, 4.69) is 16.9 Å². The van der Waals surface area contributed by atoms with Crippen LogP contribution in [0.25, 0.3) is 0 Å². The van der Waals surface area contributed by atoms with Crippen molar-refractivity contribution in [2.75, 3.05) is 7.11 Å². The average molecular weight is 314 g/mol. The summed E-state index contributed by atoms with van der Waals surface area (Å²) in [7, 11) is 1.65. The van der Waals surface area contributed by atoms with E-state index < -0.39 is 0 Å². The van der Waals surface area contributed by atoms with Gasteiger partial charge in [-0.05, 0) is 0 Å². The van der Waals surface area contributed by atoms with Crippen LogP contribution in [0.3, 0.4) is 0 Å². The molecule has 89 valence electrons. The summed E-state index contributed by atoms with van der Waals surface area (Å²) in [5.74, 6) is 1.43. The molecule has 2 rings (SSSR count). The first-order valence-electron chi connectivity index (χ1n) is 4.89. The van der Waals surface area contributed by atoms with Gasteiger partial charge in [-0.2, -0.15) is 36.4 Å². The number of methoxy groups -OCH3 is 1. The minimum Gasteiger partial charge on any atom is -0.522 e. The molecule has 0 N–H and O–H groups in total. The van der Waals surface area contributed by atoms with E-state index in [9.17, 15) is 0 Å². The largest absolute Gasteiger partial charge is 0.522 e. The molecule has 0 aromatic heterocycles. The maximum atomic E-state index is 8.04. The van der Waals surface area contributed by atoms with Gasteiger partial charge in [-0.25, -0.2) is 0 Å². The second-order valence-electron chi connectivity index (χ2n) is 2.87. The Bertz CT molecular complexity index is 454. The summed E-state index contributed by atoms with van der Waals surface area (Å²) in [6.07, 6.45) is 1.57. The van der Waals surface area contributed by atoms with Gasteiger partial charge in [0.25, 0.3) is 6.26 Å². The van der Waals surface area contributed by atoms with Crippen LogP contribution in [0.4, 0.5) is 0 Å². The van der Waals surface area contributed by atoms with Crippen LogP contribution in [0.15, 0.2) is 48.5 Å². The van der Waals surface area contributed by atoms with Crippen LogP contribution in [0, 0.1) is 23.6 Å². The van der Waals surface area contributed by atoms with E-state index in [0.717, 1.165) is 5.75 Å². The molecule has 0 aliphatic rings. The van der Waals surface area contributed by atoms with Crippen LogP contribution in [-0.2, 0) is 32.7 Å². The molecule has 1 radical (unpaired) electrons. The molecule has 2 aromatic carbocycles. The van der Waals surface area contributed by atoms with Gasteiger partial charge >= 0.3 is 0 Å². The van der Waals surface area contributed by atoms with Gasteiger partial charge in [0.05, 0.1) is 7.11 Å². The topological polar surface area (TPSA) is 42.2 Å². The number of rotatable bonds is 2. The first-order chi connectivity index (χ1) is 8.36. The quantitative estimate of drug-likeness (QED) is 0.632. The molecule has 0 unspecified atom stereocenters. The summed E-state index contributed by atoms with van der Waals surface area (Å²) < 4.78 is 9.39. The van der Waals surface area contributed by atoms with Crippen molar-refractivity contribution in [1.82, 2.24) is 0 Å². The molecular weight excluding hydrogens is 303 g/mol. The SMILES string of the molecule is COc1cc[c-]cc1.N#COc1cc[c-]cc1.[Y]. The van der Waals surface area contributed by atoms with Crippen molar-refractivity contribution in [2.45, 2.75) is 0 Å². The van der Waals surface area contributed by atoms with Crippen LogP contribution >= 0.6 is 0 Å². The average Bonchev–Trinajstić information content (AvgIpc) is 2.42. The summed E-state index contributed by atoms with van der Waals surface area (Å²) >= 11 is 0. The minimum atomic E-state index is 0. The molecule has 0 aliphatic heterocycles. The number of nitriles is 1. The van der Waals surface area contributed by atoms with Gasteiger partial charge in [0, 0.05) is 44.2 Å². The number of benzene rings is 2. The molecular formula is C14H11NO2Y-2. The van der Waals surface area contributed by atoms with Crippen LogP contribution in [0.1, 0.15) is 0 Å². The van der Waals surface area contributed by atoms with Crippen molar-refractivity contribution in [2.24, 2.45) is 0 Å². The Labute approximate surface area is 132 Å². The van der Waals surface area contributed by atoms with E-state index in [1.54, 1.807) is 37.6 Å². The van der Waals surface area contributed by atoms with Gasteiger partial charge in [0.1, 0.15) is 0 Å². The van der Waals surface area contributed by atoms with Crippen molar-refractivity contribution in [1.29, 1.82) is 5.26 Å². The summed E-state index contributed by atoms with van der Waals surface area (Å²) in [6.45, 7) is 0. The fraction of sp³-hybridized carbons (Fsp3) is 0.0714. The Kier molecular flexibility index (Phi) is 9.95. The standard InChI is InChI=1S/C7H4NO.C7H7O.Y/c8-6-9-7-4-2-1-3-5-7;1-8-7-5-3-2-4-6-7;/h2-5H;3-6H,1H3;/q2*-1;. The van der Waals surface area contributed by atoms with Crippen molar-refractivity contribution in [3.8, 4) is 17.8 Å². The third kappa shape index (κ3) is 7.06. The smallest absolute Gasteiger partial charge is 0.290 e. The number of ether oxygens (including phenoxy) is 2. The van der Waals surface area contributed by atoms with Crippen LogP contribution in [-0.4, -0.2) is 7.11 Å². The Morgan fingerprint density at radius 2 is 1.39 bits per heavy atom. The maximum Gasteiger partial charge on any atom is 0.290 e. The molecule has 0 spiro atoms. The normalized spacial score (nSPS) is 7.78. The van der Waals surface area contributed by atoms with Gasteiger partial charge in [-0.15, -0.1) is 29.5 Å². The summed E-state index contributed by atoms with van der Waals surface area (Å²) in [4.78, 5) is 0. The molecule has 4 heteroatoms. The fourth-order valence-electron chi connectivity index (χ4n) is 1.00. The van der Waals surface area contributed by atoms with Crippen LogP contribution < -0.4 is 9.47 Å². The zero-order valence-electron chi connectivity index (χ0n) is 9.96. The zero-order chi connectivity index (χ0) is 12.3. The Hall–Kier alpha value is -1.37. The fourth-order valence-corrected chi connectivity index (χ4v) is 1.00. The molecule has 0 heterocycles. The Morgan fingerprint density at radius 1 is 0.944 bits per heavy atom. The van der Waals surface area contributed by atoms with E-state index in [-0.39, 0.29) is 32.7 Å². The second kappa shape index (κ2) is 10.8. The third-order valence-corrected chi connectivity index (χ3v) is 1.77. The van der Waals surface area contributed by atoms with Gasteiger partial charge in [0.15, 0.2) is 0 Å². The van der Waals surface area contributed by atoms with E-state index in [4.69, 9.17) is 10.00 Å². The van der Waals surface area contributed by atoms with Crippen molar-refractivity contribution >= 4 is 0 Å². The summed E-state index contributed by atoms with van der Waals surface area (Å²) in [5.41, 5.74) is 0. The second-order valence-corrected chi connectivity index (χ2v) is 2.87. The van der Waals surface area contributed by atoms with Gasteiger partial charge in [-0.1, -0.05) is 0 Å². The summed E-state index contributed by atoms with van der Waals surface area (Å²) in [6, 6.07) is 19.8. The molecule has 0 amide bonds. The van der Waals surface area contributed by atoms with Gasteiger partial charge < -0.3 is 9.47 Å². The molecule has 0 saturated carbocycles. The van der Waals surface area contributed by atoms with E-state index in [1.807, 2.05) is 24.3 Å². The number of nitrogens with zero attached hydrogens (tertiary/aromatic N) is 1. The third-order valence-electron chi connectivity index (χ3n) is 1.77. The molecule has 3 nitrogen and oxygen atoms in total. The van der Waals surface area contributed by atoms with E-state index in [1.165, 1.54) is 0 Å². The minimum absolute atomic E-state index is 0. The van der Waals surface area contributed by atoms with Crippen LogP contribution in [0.5, 0.6) is 11.5 Å². The molecule has 0 aliphatic carbocycles. The molecule has 0 atom stereocenters. The molecule has 0 saturated heterocycles. The Morgan fingerprint density at radius 3 is 1.72 bits per heavy atom. The number of hydrogen-bond donors (Lipinski definition) is 0. The monoisotopic (exact) mass is 314 g/mol. The number of hydrogen-bond acceptors (Lipinski definition) is 3. The van der Waals surface area contributed by atoms with Crippen molar-refractivity contribution in [3.05, 3.63) is 60.7 Å². The molecule has 2 aromatic rings. The first kappa shape index (κ1) is 16.6. The summed E-state index contributed by atoms with van der Waals surface area (Å²) in [5, 5.41) is 8.04. The maximum absolute atomic E-state index is 8.04.